The number of allylic oxidation sites excluding steroid dienone is 3. The van der Waals surface area contributed by atoms with Gasteiger partial charge in [0.25, 0.3) is 0 Å². The third kappa shape index (κ3) is 4.23. The monoisotopic (exact) mass is 484 g/mol. The van der Waals surface area contributed by atoms with Crippen LogP contribution >= 0.6 is 0 Å². The van der Waals surface area contributed by atoms with Crippen LogP contribution in [0.15, 0.2) is 23.4 Å². The highest BCUT2D eigenvalue weighted by atomic mass is 16.6. The summed E-state index contributed by atoms with van der Waals surface area (Å²) in [6.45, 7) is 2.40. The number of rotatable bonds is 4. The Morgan fingerprint density at radius 3 is 2.60 bits per heavy atom. The molecule has 0 aromatic heterocycles. The van der Waals surface area contributed by atoms with Gasteiger partial charge in [0.2, 0.25) is 5.91 Å². The van der Waals surface area contributed by atoms with Gasteiger partial charge in [0, 0.05) is 25.0 Å². The van der Waals surface area contributed by atoms with Crippen molar-refractivity contribution in [3.8, 4) is 0 Å². The van der Waals surface area contributed by atoms with E-state index in [0.717, 1.165) is 18.4 Å². The Hall–Kier alpha value is -2.84. The molecule has 4 fully saturated rings. The van der Waals surface area contributed by atoms with Crippen molar-refractivity contribution in [3.63, 3.8) is 0 Å². The molecule has 9 nitrogen and oxygen atoms in total. The van der Waals surface area contributed by atoms with E-state index in [9.17, 15) is 19.2 Å². The molecule has 5 rings (SSSR count). The number of ketones is 1. The maximum atomic E-state index is 13.5. The van der Waals surface area contributed by atoms with Crippen LogP contribution in [0, 0.1) is 11.8 Å². The fourth-order valence-electron chi connectivity index (χ4n) is 6.98. The Balaban J connectivity index is 1.29. The number of carbonyl (C=O) groups is 4. The molecule has 1 unspecified atom stereocenters. The average Bonchev–Trinajstić information content (AvgIpc) is 3.51. The number of ether oxygens (including phenoxy) is 1. The van der Waals surface area contributed by atoms with Gasteiger partial charge in [-0.05, 0) is 63.0 Å². The van der Waals surface area contributed by atoms with E-state index in [1.165, 1.54) is 44.1 Å². The topological polar surface area (TPSA) is 108 Å². The molecule has 4 atom stereocenters. The first kappa shape index (κ1) is 23.9. The maximum absolute atomic E-state index is 13.5. The first-order chi connectivity index (χ1) is 16.8. The van der Waals surface area contributed by atoms with Crippen molar-refractivity contribution in [2.24, 2.45) is 11.8 Å². The summed E-state index contributed by atoms with van der Waals surface area (Å²) in [4.78, 5) is 54.6. The SMILES string of the molecule is CNC(=O)NC1=CC=C2C(CC[C@]23CN(CC(=O)N2[C@@H](C)CC[C@H]2C2CCCCC2)C(=O)O3)C1=O. The van der Waals surface area contributed by atoms with E-state index in [2.05, 4.69) is 22.5 Å². The lowest BCUT2D eigenvalue weighted by Crippen LogP contribution is -2.49. The molecule has 1 spiro atoms. The molecule has 0 aromatic rings. The van der Waals surface area contributed by atoms with Gasteiger partial charge in [-0.1, -0.05) is 25.3 Å². The lowest BCUT2D eigenvalue weighted by atomic mass is 9.83. The van der Waals surface area contributed by atoms with Gasteiger partial charge in [-0.3, -0.25) is 14.5 Å². The zero-order valence-electron chi connectivity index (χ0n) is 20.7. The number of likely N-dealkylation sites (tertiary alicyclic amines) is 1. The predicted octanol–water partition coefficient (Wildman–Crippen LogP) is 2.87. The van der Waals surface area contributed by atoms with Crippen LogP contribution < -0.4 is 10.6 Å². The quantitative estimate of drug-likeness (QED) is 0.638. The summed E-state index contributed by atoms with van der Waals surface area (Å²) in [5.74, 6) is -0.0349. The first-order valence-electron chi connectivity index (χ1n) is 13.1. The van der Waals surface area contributed by atoms with Crippen molar-refractivity contribution in [3.05, 3.63) is 23.4 Å². The van der Waals surface area contributed by atoms with Crippen molar-refractivity contribution < 1.29 is 23.9 Å². The maximum Gasteiger partial charge on any atom is 0.411 e. The molecule has 0 aromatic carbocycles. The van der Waals surface area contributed by atoms with Crippen LogP contribution in [0.5, 0.6) is 0 Å². The predicted molar refractivity (Wildman–Crippen MR) is 128 cm³/mol. The van der Waals surface area contributed by atoms with Crippen LogP contribution in [-0.2, 0) is 14.3 Å². The summed E-state index contributed by atoms with van der Waals surface area (Å²) in [5.41, 5.74) is 0.123. The van der Waals surface area contributed by atoms with Gasteiger partial charge in [-0.15, -0.1) is 0 Å². The summed E-state index contributed by atoms with van der Waals surface area (Å²) >= 11 is 0. The van der Waals surface area contributed by atoms with E-state index in [1.807, 2.05) is 0 Å². The van der Waals surface area contributed by atoms with Gasteiger partial charge in [0.1, 0.15) is 6.54 Å². The van der Waals surface area contributed by atoms with E-state index in [0.29, 0.717) is 18.8 Å². The van der Waals surface area contributed by atoms with Crippen LogP contribution in [0.1, 0.15) is 64.7 Å². The summed E-state index contributed by atoms with van der Waals surface area (Å²) in [6.07, 6.45) is 12.1. The molecular weight excluding hydrogens is 448 g/mol. The fraction of sp³-hybridized carbons (Fsp3) is 0.692. The third-order valence-corrected chi connectivity index (χ3v) is 8.73. The van der Waals surface area contributed by atoms with Crippen molar-refractivity contribution >= 4 is 23.8 Å². The molecule has 4 amide bonds. The van der Waals surface area contributed by atoms with Crippen LogP contribution in [0.3, 0.4) is 0 Å². The molecule has 0 radical (unpaired) electrons. The van der Waals surface area contributed by atoms with Gasteiger partial charge in [-0.2, -0.15) is 0 Å². The number of nitrogens with one attached hydrogen (secondary N) is 2. The molecule has 2 saturated carbocycles. The number of fused-ring (bicyclic) bond motifs is 2. The Kier molecular flexibility index (Phi) is 6.36. The molecule has 3 aliphatic carbocycles. The summed E-state index contributed by atoms with van der Waals surface area (Å²) in [6, 6.07) is 0.0121. The molecule has 5 aliphatic rings. The molecule has 2 heterocycles. The van der Waals surface area contributed by atoms with Crippen molar-refractivity contribution in [2.45, 2.75) is 82.4 Å². The fourth-order valence-corrected chi connectivity index (χ4v) is 6.98. The van der Waals surface area contributed by atoms with E-state index in [1.54, 1.807) is 12.2 Å². The molecule has 35 heavy (non-hydrogen) atoms. The molecule has 2 saturated heterocycles. The Labute approximate surface area is 206 Å². The smallest absolute Gasteiger partial charge is 0.411 e. The highest BCUT2D eigenvalue weighted by Crippen LogP contribution is 2.48. The van der Waals surface area contributed by atoms with Crippen molar-refractivity contribution in [2.75, 3.05) is 20.1 Å². The third-order valence-electron chi connectivity index (χ3n) is 8.73. The zero-order chi connectivity index (χ0) is 24.7. The molecular formula is C26H36N4O5. The highest BCUT2D eigenvalue weighted by Gasteiger charge is 2.56. The van der Waals surface area contributed by atoms with Gasteiger partial charge in [0.05, 0.1) is 12.2 Å². The summed E-state index contributed by atoms with van der Waals surface area (Å²) in [7, 11) is 1.49. The second-order valence-electron chi connectivity index (χ2n) is 10.8. The number of hydrogen-bond donors (Lipinski definition) is 2. The lowest BCUT2D eigenvalue weighted by molar-refractivity contribution is -0.135. The van der Waals surface area contributed by atoms with E-state index in [4.69, 9.17) is 4.74 Å². The molecule has 2 aliphatic heterocycles. The lowest BCUT2D eigenvalue weighted by Gasteiger charge is -2.36. The minimum atomic E-state index is -0.883. The van der Waals surface area contributed by atoms with Crippen LogP contribution in [-0.4, -0.2) is 71.4 Å². The minimum Gasteiger partial charge on any atom is -0.436 e. The number of hydrogen-bond acceptors (Lipinski definition) is 5. The van der Waals surface area contributed by atoms with Gasteiger partial charge in [0.15, 0.2) is 11.4 Å². The first-order valence-corrected chi connectivity index (χ1v) is 13.1. The number of amides is 4. The molecule has 2 N–H and O–H groups in total. The molecule has 0 bridgehead atoms. The van der Waals surface area contributed by atoms with Crippen LogP contribution in [0.4, 0.5) is 9.59 Å². The Bertz CT molecular complexity index is 984. The number of Topliss-reactive ketones (excluding diaryl/α,β-unsaturated/α-hetero) is 1. The van der Waals surface area contributed by atoms with E-state index in [-0.39, 0.29) is 42.6 Å². The second kappa shape index (κ2) is 9.32. The second-order valence-corrected chi connectivity index (χ2v) is 10.8. The molecule has 190 valence electrons. The number of nitrogens with zero attached hydrogens (tertiary/aromatic N) is 2. The number of urea groups is 1. The Morgan fingerprint density at radius 1 is 1.09 bits per heavy atom. The summed E-state index contributed by atoms with van der Waals surface area (Å²) < 4.78 is 5.88. The largest absolute Gasteiger partial charge is 0.436 e. The number of carbonyl (C=O) groups excluding carboxylic acids is 4. The van der Waals surface area contributed by atoms with Gasteiger partial charge in [-0.25, -0.2) is 9.59 Å². The van der Waals surface area contributed by atoms with Crippen molar-refractivity contribution in [1.82, 2.24) is 20.4 Å². The van der Waals surface area contributed by atoms with Gasteiger partial charge >= 0.3 is 12.1 Å². The van der Waals surface area contributed by atoms with Gasteiger partial charge < -0.3 is 20.3 Å². The van der Waals surface area contributed by atoms with E-state index >= 15 is 0 Å². The Morgan fingerprint density at radius 2 is 1.86 bits per heavy atom. The van der Waals surface area contributed by atoms with E-state index < -0.39 is 23.6 Å². The summed E-state index contributed by atoms with van der Waals surface area (Å²) in [5, 5.41) is 5.01. The average molecular weight is 485 g/mol. The van der Waals surface area contributed by atoms with Crippen LogP contribution in [0.25, 0.3) is 0 Å². The zero-order valence-corrected chi connectivity index (χ0v) is 20.7. The molecule has 9 heteroatoms. The van der Waals surface area contributed by atoms with Crippen molar-refractivity contribution in [1.29, 1.82) is 0 Å². The van der Waals surface area contributed by atoms with Crippen LogP contribution in [0.2, 0.25) is 0 Å². The normalized spacial score (nSPS) is 32.9. The minimum absolute atomic E-state index is 0.000203. The highest BCUT2D eigenvalue weighted by molar-refractivity contribution is 6.03. The standard InChI is InChI=1S/C26H36N4O5/c1-16-8-11-21(17-6-4-3-5-7-17)30(16)22(31)14-29-15-26(35-25(29)34)13-12-18-19(26)9-10-20(23(18)32)28-24(33)27-2/h9-10,16-18,21H,3-8,11-15H2,1-2H3,(H2,27,28,33)/t16-,18?,21-,26-/m0/s1.